The third-order valence-electron chi connectivity index (χ3n) is 3.49. The fourth-order valence-electron chi connectivity index (χ4n) is 2.41. The Morgan fingerprint density at radius 3 is 2.86 bits per heavy atom. The van der Waals surface area contributed by atoms with Crippen LogP contribution < -0.4 is 5.73 Å². The standard InChI is InChI=1S/C16H14BrFN2O/c1-9-13-6-11(18)3-5-15(13)21-16(9)14(19)7-12-4-2-10(17)8-20-12/h2-6,8,14H,7,19H2,1H3. The topological polar surface area (TPSA) is 52.0 Å². The van der Waals surface area contributed by atoms with Crippen molar-refractivity contribution in [3.63, 3.8) is 0 Å². The Balaban J connectivity index is 1.92. The van der Waals surface area contributed by atoms with Gasteiger partial charge in [0.1, 0.15) is 17.2 Å². The molecule has 0 aliphatic heterocycles. The number of aromatic nitrogens is 1. The van der Waals surface area contributed by atoms with Crippen LogP contribution in [0.2, 0.25) is 0 Å². The zero-order chi connectivity index (χ0) is 15.0. The molecule has 0 saturated heterocycles. The molecule has 0 spiro atoms. The Labute approximate surface area is 130 Å². The summed E-state index contributed by atoms with van der Waals surface area (Å²) in [7, 11) is 0. The van der Waals surface area contributed by atoms with Crippen LogP contribution in [0, 0.1) is 12.7 Å². The summed E-state index contributed by atoms with van der Waals surface area (Å²) in [6.07, 6.45) is 2.30. The van der Waals surface area contributed by atoms with Gasteiger partial charge in [-0.25, -0.2) is 4.39 Å². The lowest BCUT2D eigenvalue weighted by Gasteiger charge is -2.09. The van der Waals surface area contributed by atoms with Crippen LogP contribution in [0.3, 0.4) is 0 Å². The van der Waals surface area contributed by atoms with E-state index in [0.29, 0.717) is 17.8 Å². The summed E-state index contributed by atoms with van der Waals surface area (Å²) in [5.74, 6) is 0.404. The predicted molar refractivity (Wildman–Crippen MR) is 83.5 cm³/mol. The minimum Gasteiger partial charge on any atom is -0.459 e. The van der Waals surface area contributed by atoms with Gasteiger partial charge in [-0.1, -0.05) is 0 Å². The molecule has 0 fully saturated rings. The summed E-state index contributed by atoms with van der Waals surface area (Å²) < 4.78 is 20.0. The summed E-state index contributed by atoms with van der Waals surface area (Å²) in [5, 5.41) is 0.768. The molecule has 5 heteroatoms. The molecule has 3 nitrogen and oxygen atoms in total. The number of hydrogen-bond donors (Lipinski definition) is 1. The average molecular weight is 349 g/mol. The summed E-state index contributed by atoms with van der Waals surface area (Å²) in [5.41, 5.74) is 8.65. The SMILES string of the molecule is Cc1c(C(N)Cc2ccc(Br)cn2)oc2ccc(F)cc12. The molecule has 0 aliphatic carbocycles. The summed E-state index contributed by atoms with van der Waals surface area (Å²) >= 11 is 3.35. The monoisotopic (exact) mass is 348 g/mol. The maximum atomic E-state index is 13.3. The molecule has 3 aromatic rings. The molecule has 0 aliphatic rings. The number of aryl methyl sites for hydroxylation is 1. The maximum Gasteiger partial charge on any atom is 0.134 e. The van der Waals surface area contributed by atoms with Gasteiger partial charge in [0.25, 0.3) is 0 Å². The smallest absolute Gasteiger partial charge is 0.134 e. The summed E-state index contributed by atoms with van der Waals surface area (Å²) in [4.78, 5) is 4.31. The van der Waals surface area contributed by atoms with Gasteiger partial charge in [0, 0.05) is 33.7 Å². The number of furan rings is 1. The first-order valence-corrected chi connectivity index (χ1v) is 7.38. The Hall–Kier alpha value is -1.72. The maximum absolute atomic E-state index is 13.3. The molecule has 1 atom stereocenters. The lowest BCUT2D eigenvalue weighted by atomic mass is 10.0. The molecular weight excluding hydrogens is 335 g/mol. The Morgan fingerprint density at radius 2 is 2.14 bits per heavy atom. The van der Waals surface area contributed by atoms with E-state index < -0.39 is 0 Å². The molecular formula is C16H14BrFN2O. The first-order valence-electron chi connectivity index (χ1n) is 6.59. The van der Waals surface area contributed by atoms with Gasteiger partial charge in [-0.05, 0) is 53.2 Å². The van der Waals surface area contributed by atoms with Crippen LogP contribution in [0.25, 0.3) is 11.0 Å². The number of rotatable bonds is 3. The average Bonchev–Trinajstić information content (AvgIpc) is 2.79. The predicted octanol–water partition coefficient (Wildman–Crippen LogP) is 4.28. The number of fused-ring (bicyclic) bond motifs is 1. The van der Waals surface area contributed by atoms with Gasteiger partial charge in [0.05, 0.1) is 6.04 Å². The van der Waals surface area contributed by atoms with Crippen LogP contribution in [0.15, 0.2) is 45.4 Å². The van der Waals surface area contributed by atoms with E-state index in [1.807, 2.05) is 19.1 Å². The van der Waals surface area contributed by atoms with Crippen molar-refractivity contribution in [2.45, 2.75) is 19.4 Å². The van der Waals surface area contributed by atoms with Gasteiger partial charge in [-0.3, -0.25) is 4.98 Å². The number of halogens is 2. The van der Waals surface area contributed by atoms with Gasteiger partial charge < -0.3 is 10.2 Å². The normalized spacial score (nSPS) is 12.8. The van der Waals surface area contributed by atoms with E-state index in [-0.39, 0.29) is 11.9 Å². The summed E-state index contributed by atoms with van der Waals surface area (Å²) in [6.45, 7) is 1.90. The molecule has 2 heterocycles. The van der Waals surface area contributed by atoms with Gasteiger partial charge >= 0.3 is 0 Å². The van der Waals surface area contributed by atoms with Gasteiger partial charge in [-0.2, -0.15) is 0 Å². The minimum atomic E-state index is -0.311. The third kappa shape index (κ3) is 2.84. The fraction of sp³-hybridized carbons (Fsp3) is 0.188. The Morgan fingerprint density at radius 1 is 1.33 bits per heavy atom. The van der Waals surface area contributed by atoms with Crippen molar-refractivity contribution < 1.29 is 8.81 Å². The molecule has 108 valence electrons. The van der Waals surface area contributed by atoms with Crippen molar-refractivity contribution in [2.24, 2.45) is 5.73 Å². The third-order valence-corrected chi connectivity index (χ3v) is 3.96. The molecule has 0 radical (unpaired) electrons. The number of nitrogens with zero attached hydrogens (tertiary/aromatic N) is 1. The van der Waals surface area contributed by atoms with Gasteiger partial charge in [-0.15, -0.1) is 0 Å². The van der Waals surface area contributed by atoms with E-state index in [2.05, 4.69) is 20.9 Å². The largest absolute Gasteiger partial charge is 0.459 e. The van der Waals surface area contributed by atoms with Crippen LogP contribution in [0.5, 0.6) is 0 Å². The van der Waals surface area contributed by atoms with E-state index in [0.717, 1.165) is 21.1 Å². The fourth-order valence-corrected chi connectivity index (χ4v) is 2.65. The van der Waals surface area contributed by atoms with Gasteiger partial charge in [0.15, 0.2) is 0 Å². The number of benzene rings is 1. The van der Waals surface area contributed by atoms with E-state index in [1.165, 1.54) is 12.1 Å². The quantitative estimate of drug-likeness (QED) is 0.768. The van der Waals surface area contributed by atoms with Crippen molar-refractivity contribution >= 4 is 26.9 Å². The first kappa shape index (κ1) is 14.2. The Bertz CT molecular complexity index is 783. The first-order chi connectivity index (χ1) is 10.0. The van der Waals surface area contributed by atoms with Crippen molar-refractivity contribution in [2.75, 3.05) is 0 Å². The van der Waals surface area contributed by atoms with Crippen molar-refractivity contribution in [3.05, 3.63) is 63.8 Å². The second-order valence-electron chi connectivity index (χ2n) is 5.01. The molecule has 1 aromatic carbocycles. The minimum absolute atomic E-state index is 0.277. The number of nitrogens with two attached hydrogens (primary N) is 1. The van der Waals surface area contributed by atoms with Crippen molar-refractivity contribution in [3.8, 4) is 0 Å². The molecule has 2 aromatic heterocycles. The molecule has 0 amide bonds. The highest BCUT2D eigenvalue weighted by atomic mass is 79.9. The lowest BCUT2D eigenvalue weighted by molar-refractivity contribution is 0.487. The van der Waals surface area contributed by atoms with E-state index in [1.54, 1.807) is 12.3 Å². The van der Waals surface area contributed by atoms with Crippen molar-refractivity contribution in [1.29, 1.82) is 0 Å². The zero-order valence-corrected chi connectivity index (χ0v) is 13.0. The molecule has 0 bridgehead atoms. The van der Waals surface area contributed by atoms with Crippen LogP contribution in [-0.4, -0.2) is 4.98 Å². The highest BCUT2D eigenvalue weighted by molar-refractivity contribution is 9.10. The van der Waals surface area contributed by atoms with Crippen LogP contribution in [-0.2, 0) is 6.42 Å². The van der Waals surface area contributed by atoms with E-state index >= 15 is 0 Å². The van der Waals surface area contributed by atoms with Crippen molar-refractivity contribution in [1.82, 2.24) is 4.98 Å². The highest BCUT2D eigenvalue weighted by Gasteiger charge is 2.18. The van der Waals surface area contributed by atoms with Crippen LogP contribution in [0.4, 0.5) is 4.39 Å². The second-order valence-corrected chi connectivity index (χ2v) is 5.93. The molecule has 0 saturated carbocycles. The number of pyridine rings is 1. The molecule has 1 unspecified atom stereocenters. The molecule has 21 heavy (non-hydrogen) atoms. The zero-order valence-electron chi connectivity index (χ0n) is 11.4. The Kier molecular flexibility index (Phi) is 3.78. The summed E-state index contributed by atoms with van der Waals surface area (Å²) in [6, 6.07) is 8.02. The van der Waals surface area contributed by atoms with Crippen LogP contribution >= 0.6 is 15.9 Å². The van der Waals surface area contributed by atoms with E-state index in [9.17, 15) is 4.39 Å². The van der Waals surface area contributed by atoms with Gasteiger partial charge in [0.2, 0.25) is 0 Å². The van der Waals surface area contributed by atoms with Crippen LogP contribution in [0.1, 0.15) is 23.1 Å². The van der Waals surface area contributed by atoms with E-state index in [4.69, 9.17) is 10.2 Å². The molecule has 2 N–H and O–H groups in total. The second kappa shape index (κ2) is 5.58. The lowest BCUT2D eigenvalue weighted by Crippen LogP contribution is -2.14. The molecule has 3 rings (SSSR count). The number of hydrogen-bond acceptors (Lipinski definition) is 3. The highest BCUT2D eigenvalue weighted by Crippen LogP contribution is 2.30.